The van der Waals surface area contributed by atoms with Gasteiger partial charge in [0.05, 0.1) is 5.56 Å². The molecule has 0 N–H and O–H groups in total. The highest BCUT2D eigenvalue weighted by atomic mass is 16.5. The predicted molar refractivity (Wildman–Crippen MR) is 69.3 cm³/mol. The number of nitrogens with zero attached hydrogens (tertiary/aromatic N) is 3. The smallest absolute Gasteiger partial charge is 0.213 e. The average molecular weight is 245 g/mol. The summed E-state index contributed by atoms with van der Waals surface area (Å²) in [5.74, 6) is 0.618. The molecule has 0 spiro atoms. The molecule has 0 aliphatic heterocycles. The first-order valence-electron chi connectivity index (χ1n) is 6.40. The minimum atomic E-state index is 0.203. The molecule has 0 amide bonds. The van der Waals surface area contributed by atoms with Crippen LogP contribution in [0.4, 0.5) is 0 Å². The number of ether oxygens (including phenoxy) is 1. The van der Waals surface area contributed by atoms with Crippen molar-refractivity contribution >= 4 is 0 Å². The quantitative estimate of drug-likeness (QED) is 0.819. The van der Waals surface area contributed by atoms with Gasteiger partial charge in [-0.15, -0.1) is 0 Å². The van der Waals surface area contributed by atoms with E-state index >= 15 is 0 Å². The summed E-state index contributed by atoms with van der Waals surface area (Å²) in [4.78, 5) is 6.40. The Hall–Kier alpha value is -1.60. The molecule has 1 heterocycles. The van der Waals surface area contributed by atoms with Crippen molar-refractivity contribution in [2.75, 3.05) is 14.1 Å². The molecule has 0 radical (unpaired) electrons. The summed E-state index contributed by atoms with van der Waals surface area (Å²) in [6.45, 7) is 0. The van der Waals surface area contributed by atoms with Crippen molar-refractivity contribution in [3.05, 3.63) is 23.9 Å². The van der Waals surface area contributed by atoms with E-state index in [1.807, 2.05) is 0 Å². The Morgan fingerprint density at radius 3 is 2.72 bits per heavy atom. The minimum Gasteiger partial charge on any atom is -0.473 e. The first-order valence-corrected chi connectivity index (χ1v) is 6.40. The molecule has 2 atom stereocenters. The molecule has 1 aliphatic carbocycles. The van der Waals surface area contributed by atoms with E-state index in [0.717, 1.165) is 6.42 Å². The van der Waals surface area contributed by atoms with E-state index in [0.29, 0.717) is 17.5 Å². The number of nitriles is 1. The van der Waals surface area contributed by atoms with E-state index in [1.165, 1.54) is 19.3 Å². The molecule has 4 nitrogen and oxygen atoms in total. The van der Waals surface area contributed by atoms with Crippen LogP contribution in [-0.4, -0.2) is 36.1 Å². The van der Waals surface area contributed by atoms with Gasteiger partial charge in [0.1, 0.15) is 12.2 Å². The van der Waals surface area contributed by atoms with Crippen LogP contribution in [0.5, 0.6) is 5.88 Å². The van der Waals surface area contributed by atoms with Crippen molar-refractivity contribution in [3.8, 4) is 11.9 Å². The lowest BCUT2D eigenvalue weighted by atomic mass is 9.92. The summed E-state index contributed by atoms with van der Waals surface area (Å²) in [5.41, 5.74) is 0.565. The Labute approximate surface area is 108 Å². The molecule has 0 bridgehead atoms. The minimum absolute atomic E-state index is 0.203. The number of aromatic nitrogens is 1. The second-order valence-electron chi connectivity index (χ2n) is 4.97. The maximum Gasteiger partial charge on any atom is 0.213 e. The number of rotatable bonds is 3. The van der Waals surface area contributed by atoms with Gasteiger partial charge in [-0.2, -0.15) is 5.26 Å². The summed E-state index contributed by atoms with van der Waals surface area (Å²) in [7, 11) is 4.19. The van der Waals surface area contributed by atoms with Crippen molar-refractivity contribution in [2.24, 2.45) is 0 Å². The Balaban J connectivity index is 2.04. The van der Waals surface area contributed by atoms with Crippen LogP contribution < -0.4 is 4.74 Å². The standard InChI is InChI=1S/C14H19N3O/c1-17(2)12-5-3-4-6-13(12)18-14-8-7-11(9-15)10-16-14/h7-8,10,12-13H,3-6H2,1-2H3. The lowest BCUT2D eigenvalue weighted by Gasteiger charge is -2.35. The average Bonchev–Trinajstić information content (AvgIpc) is 2.40. The molecule has 2 rings (SSSR count). The second kappa shape index (κ2) is 5.83. The summed E-state index contributed by atoms with van der Waals surface area (Å²) in [6.07, 6.45) is 6.49. The lowest BCUT2D eigenvalue weighted by molar-refractivity contribution is 0.0588. The van der Waals surface area contributed by atoms with Crippen LogP contribution in [0.15, 0.2) is 18.3 Å². The van der Waals surface area contributed by atoms with Gasteiger partial charge in [-0.3, -0.25) is 0 Å². The Morgan fingerprint density at radius 1 is 1.33 bits per heavy atom. The molecule has 96 valence electrons. The molecule has 4 heteroatoms. The summed E-state index contributed by atoms with van der Waals surface area (Å²) >= 11 is 0. The van der Waals surface area contributed by atoms with Crippen molar-refractivity contribution < 1.29 is 4.74 Å². The lowest BCUT2D eigenvalue weighted by Crippen LogP contribution is -2.44. The van der Waals surface area contributed by atoms with Gasteiger partial charge >= 0.3 is 0 Å². The van der Waals surface area contributed by atoms with Crippen LogP contribution in [0.2, 0.25) is 0 Å². The molecule has 1 saturated carbocycles. The first-order chi connectivity index (χ1) is 8.70. The van der Waals surface area contributed by atoms with Crippen LogP contribution in [0.3, 0.4) is 0 Å². The van der Waals surface area contributed by atoms with Crippen molar-refractivity contribution in [1.29, 1.82) is 5.26 Å². The van der Waals surface area contributed by atoms with Gasteiger partial charge in [0.2, 0.25) is 5.88 Å². The molecule has 1 aliphatic rings. The third-order valence-electron chi connectivity index (χ3n) is 3.47. The van der Waals surface area contributed by atoms with Crippen LogP contribution in [0.1, 0.15) is 31.2 Å². The fourth-order valence-electron chi connectivity index (χ4n) is 2.48. The number of hydrogen-bond acceptors (Lipinski definition) is 4. The molecule has 18 heavy (non-hydrogen) atoms. The van der Waals surface area contributed by atoms with Crippen LogP contribution in [0, 0.1) is 11.3 Å². The normalized spacial score (nSPS) is 23.7. The highest BCUT2D eigenvalue weighted by Gasteiger charge is 2.28. The van der Waals surface area contributed by atoms with Gasteiger partial charge in [0, 0.05) is 18.3 Å². The second-order valence-corrected chi connectivity index (χ2v) is 4.97. The van der Waals surface area contributed by atoms with E-state index in [2.05, 4.69) is 30.0 Å². The van der Waals surface area contributed by atoms with E-state index < -0.39 is 0 Å². The SMILES string of the molecule is CN(C)C1CCCCC1Oc1ccc(C#N)cn1. The fourth-order valence-corrected chi connectivity index (χ4v) is 2.48. The van der Waals surface area contributed by atoms with Crippen molar-refractivity contribution in [1.82, 2.24) is 9.88 Å². The first kappa shape index (κ1) is 12.8. The van der Waals surface area contributed by atoms with E-state index in [-0.39, 0.29) is 6.10 Å². The largest absolute Gasteiger partial charge is 0.473 e. The van der Waals surface area contributed by atoms with Gasteiger partial charge in [-0.25, -0.2) is 4.98 Å². The van der Waals surface area contributed by atoms with Crippen molar-refractivity contribution in [2.45, 2.75) is 37.8 Å². The van der Waals surface area contributed by atoms with Gasteiger partial charge in [0.25, 0.3) is 0 Å². The van der Waals surface area contributed by atoms with Crippen LogP contribution in [0.25, 0.3) is 0 Å². The maximum absolute atomic E-state index is 8.73. The third kappa shape index (κ3) is 2.99. The summed E-state index contributed by atoms with van der Waals surface area (Å²) in [6, 6.07) is 6.04. The van der Waals surface area contributed by atoms with Gasteiger partial charge in [0.15, 0.2) is 0 Å². The summed E-state index contributed by atoms with van der Waals surface area (Å²) < 4.78 is 5.97. The molecule has 1 aromatic rings. The van der Waals surface area contributed by atoms with E-state index in [4.69, 9.17) is 10.00 Å². The molecule has 1 fully saturated rings. The summed E-state index contributed by atoms with van der Waals surface area (Å²) in [5, 5.41) is 8.73. The fraction of sp³-hybridized carbons (Fsp3) is 0.571. The third-order valence-corrected chi connectivity index (χ3v) is 3.47. The number of hydrogen-bond donors (Lipinski definition) is 0. The van der Waals surface area contributed by atoms with E-state index in [1.54, 1.807) is 18.3 Å². The van der Waals surface area contributed by atoms with Crippen LogP contribution >= 0.6 is 0 Å². The van der Waals surface area contributed by atoms with Gasteiger partial charge in [-0.05, 0) is 39.4 Å². The van der Waals surface area contributed by atoms with Gasteiger partial charge < -0.3 is 9.64 Å². The topological polar surface area (TPSA) is 49.1 Å². The maximum atomic E-state index is 8.73. The zero-order valence-electron chi connectivity index (χ0n) is 11.0. The molecule has 2 unspecified atom stereocenters. The monoisotopic (exact) mass is 245 g/mol. The molecule has 0 saturated heterocycles. The Bertz CT molecular complexity index is 422. The zero-order valence-corrected chi connectivity index (χ0v) is 11.0. The molecular formula is C14H19N3O. The van der Waals surface area contributed by atoms with Gasteiger partial charge in [-0.1, -0.05) is 6.42 Å². The highest BCUT2D eigenvalue weighted by Crippen LogP contribution is 2.25. The van der Waals surface area contributed by atoms with Crippen molar-refractivity contribution in [3.63, 3.8) is 0 Å². The Kier molecular flexibility index (Phi) is 4.16. The number of likely N-dealkylation sites (N-methyl/N-ethyl adjacent to an activating group) is 1. The van der Waals surface area contributed by atoms with Crippen LogP contribution in [-0.2, 0) is 0 Å². The Morgan fingerprint density at radius 2 is 2.11 bits per heavy atom. The molecule has 0 aromatic carbocycles. The zero-order chi connectivity index (χ0) is 13.0. The molecule has 1 aromatic heterocycles. The highest BCUT2D eigenvalue weighted by molar-refractivity contribution is 5.28. The van der Waals surface area contributed by atoms with E-state index in [9.17, 15) is 0 Å². The number of pyridine rings is 1. The predicted octanol–water partition coefficient (Wildman–Crippen LogP) is 2.20. The molecular weight excluding hydrogens is 226 g/mol.